The molecule has 1 aromatic carbocycles. The standard InChI is InChI=1S/C17H23N3O3S/c1-4-20(15-8-6-5-7-9-15)24(21,22)16-10-11-17(18-12-16)19-14(2)13-23-3/h5-12,14H,4,13H2,1-3H3,(H,18,19)/p+1/t14-/m1/s1. The normalized spacial score (nSPS) is 12.6. The second kappa shape index (κ2) is 8.12. The summed E-state index contributed by atoms with van der Waals surface area (Å²) >= 11 is 0. The summed E-state index contributed by atoms with van der Waals surface area (Å²) in [6, 6.07) is 12.5. The summed E-state index contributed by atoms with van der Waals surface area (Å²) in [5.74, 6) is 0.737. The van der Waals surface area contributed by atoms with Crippen LogP contribution in [0.1, 0.15) is 13.8 Å². The molecule has 2 aromatic rings. The van der Waals surface area contributed by atoms with Gasteiger partial charge >= 0.3 is 0 Å². The van der Waals surface area contributed by atoms with Crippen molar-refractivity contribution in [1.82, 2.24) is 0 Å². The van der Waals surface area contributed by atoms with Crippen LogP contribution in [-0.4, -0.2) is 34.7 Å². The number of ether oxygens (including phenoxy) is 1. The molecule has 1 aromatic heterocycles. The lowest BCUT2D eigenvalue weighted by atomic mass is 10.3. The molecular weight excluding hydrogens is 326 g/mol. The van der Waals surface area contributed by atoms with Crippen LogP contribution in [0, 0.1) is 0 Å². The maximum atomic E-state index is 12.9. The van der Waals surface area contributed by atoms with E-state index in [1.54, 1.807) is 31.4 Å². The number of H-pyrrole nitrogens is 1. The number of nitrogens with zero attached hydrogens (tertiary/aromatic N) is 1. The van der Waals surface area contributed by atoms with Crippen LogP contribution < -0.4 is 14.6 Å². The lowest BCUT2D eigenvalue weighted by Gasteiger charge is -2.22. The molecule has 0 aliphatic heterocycles. The van der Waals surface area contributed by atoms with Crippen LogP contribution in [0.15, 0.2) is 53.6 Å². The van der Waals surface area contributed by atoms with Crippen molar-refractivity contribution < 1.29 is 18.1 Å². The molecule has 0 saturated carbocycles. The number of aromatic amines is 1. The molecule has 0 spiro atoms. The van der Waals surface area contributed by atoms with Gasteiger partial charge in [-0.25, -0.2) is 13.4 Å². The molecule has 2 N–H and O–H groups in total. The minimum absolute atomic E-state index is 0.116. The highest BCUT2D eigenvalue weighted by atomic mass is 32.2. The number of sulfonamides is 1. The Bertz CT molecular complexity index is 733. The van der Waals surface area contributed by atoms with E-state index in [2.05, 4.69) is 10.3 Å². The van der Waals surface area contributed by atoms with Crippen LogP contribution >= 0.6 is 0 Å². The van der Waals surface area contributed by atoms with Gasteiger partial charge in [0.1, 0.15) is 17.1 Å². The van der Waals surface area contributed by atoms with Gasteiger partial charge in [-0.3, -0.25) is 9.62 Å². The summed E-state index contributed by atoms with van der Waals surface area (Å²) in [7, 11) is -1.97. The van der Waals surface area contributed by atoms with Crippen LogP contribution in [0.5, 0.6) is 0 Å². The van der Waals surface area contributed by atoms with Gasteiger partial charge in [-0.05, 0) is 32.0 Å². The van der Waals surface area contributed by atoms with Crippen molar-refractivity contribution >= 4 is 21.5 Å². The summed E-state index contributed by atoms with van der Waals surface area (Å²) in [6.45, 7) is 4.72. The minimum Gasteiger partial charge on any atom is -0.380 e. The van der Waals surface area contributed by atoms with Crippen LogP contribution in [0.2, 0.25) is 0 Å². The number of anilines is 2. The molecule has 0 amide bonds. The lowest BCUT2D eigenvalue weighted by Crippen LogP contribution is -2.32. The maximum absolute atomic E-state index is 12.9. The fourth-order valence-corrected chi connectivity index (χ4v) is 3.87. The number of pyridine rings is 1. The minimum atomic E-state index is -3.61. The predicted molar refractivity (Wildman–Crippen MR) is 94.6 cm³/mol. The van der Waals surface area contributed by atoms with Crippen LogP contribution in [0.3, 0.4) is 0 Å². The Kier molecular flexibility index (Phi) is 6.16. The van der Waals surface area contributed by atoms with E-state index in [9.17, 15) is 8.42 Å². The number of methoxy groups -OCH3 is 1. The third-order valence-corrected chi connectivity index (χ3v) is 5.42. The Hall–Kier alpha value is -2.12. The Morgan fingerprint density at radius 3 is 2.46 bits per heavy atom. The highest BCUT2D eigenvalue weighted by Crippen LogP contribution is 2.22. The van der Waals surface area contributed by atoms with Gasteiger partial charge in [0.25, 0.3) is 15.8 Å². The molecule has 6 nitrogen and oxygen atoms in total. The van der Waals surface area contributed by atoms with Gasteiger partial charge in [0.05, 0.1) is 12.3 Å². The molecule has 0 unspecified atom stereocenters. The summed E-state index contributed by atoms with van der Waals surface area (Å²) in [5, 5.41) is 3.21. The number of aromatic nitrogens is 1. The van der Waals surface area contributed by atoms with E-state index in [1.807, 2.05) is 32.0 Å². The van der Waals surface area contributed by atoms with E-state index < -0.39 is 10.0 Å². The van der Waals surface area contributed by atoms with E-state index in [4.69, 9.17) is 4.74 Å². The first-order valence-electron chi connectivity index (χ1n) is 7.84. The Morgan fingerprint density at radius 2 is 1.92 bits per heavy atom. The van der Waals surface area contributed by atoms with Crippen molar-refractivity contribution in [2.75, 3.05) is 29.9 Å². The van der Waals surface area contributed by atoms with E-state index in [0.717, 1.165) is 5.82 Å². The second-order valence-corrected chi connectivity index (χ2v) is 7.31. The van der Waals surface area contributed by atoms with Crippen molar-refractivity contribution in [3.05, 3.63) is 48.7 Å². The molecule has 24 heavy (non-hydrogen) atoms. The van der Waals surface area contributed by atoms with Gasteiger partial charge in [-0.1, -0.05) is 18.2 Å². The smallest absolute Gasteiger partial charge is 0.272 e. The number of benzene rings is 1. The molecule has 7 heteroatoms. The number of para-hydroxylation sites is 1. The summed E-state index contributed by atoms with van der Waals surface area (Å²) in [5.41, 5.74) is 0.649. The highest BCUT2D eigenvalue weighted by Gasteiger charge is 2.24. The average Bonchev–Trinajstić information content (AvgIpc) is 2.57. The molecule has 0 aliphatic rings. The summed E-state index contributed by atoms with van der Waals surface area (Å²) in [6.07, 6.45) is 1.50. The Labute approximate surface area is 143 Å². The van der Waals surface area contributed by atoms with E-state index in [-0.39, 0.29) is 10.9 Å². The molecule has 1 atom stereocenters. The number of rotatable bonds is 8. The molecule has 0 fully saturated rings. The second-order valence-electron chi connectivity index (χ2n) is 5.44. The lowest BCUT2D eigenvalue weighted by molar-refractivity contribution is -0.364. The fraction of sp³-hybridized carbons (Fsp3) is 0.353. The molecule has 0 bridgehead atoms. The first-order valence-corrected chi connectivity index (χ1v) is 9.28. The molecule has 130 valence electrons. The zero-order chi connectivity index (χ0) is 17.6. The number of nitrogens with one attached hydrogen (secondary N) is 2. The van der Waals surface area contributed by atoms with Crippen molar-refractivity contribution in [2.24, 2.45) is 0 Å². The summed E-state index contributed by atoms with van der Waals surface area (Å²) < 4.78 is 32.2. The van der Waals surface area contributed by atoms with Crippen molar-refractivity contribution in [1.29, 1.82) is 0 Å². The van der Waals surface area contributed by atoms with Crippen LogP contribution in [0.4, 0.5) is 11.5 Å². The predicted octanol–water partition coefficient (Wildman–Crippen LogP) is 2.16. The van der Waals surface area contributed by atoms with Crippen molar-refractivity contribution in [3.63, 3.8) is 0 Å². The topological polar surface area (TPSA) is 72.8 Å². The van der Waals surface area contributed by atoms with Gasteiger partial charge in [0.2, 0.25) is 0 Å². The molecule has 1 heterocycles. The van der Waals surface area contributed by atoms with Gasteiger partial charge in [-0.2, -0.15) is 0 Å². The maximum Gasteiger partial charge on any atom is 0.272 e. The van der Waals surface area contributed by atoms with E-state index in [0.29, 0.717) is 18.8 Å². The molecule has 0 saturated heterocycles. The molecule has 0 aliphatic carbocycles. The fourth-order valence-electron chi connectivity index (χ4n) is 2.43. The van der Waals surface area contributed by atoms with Crippen LogP contribution in [0.25, 0.3) is 0 Å². The van der Waals surface area contributed by atoms with Gasteiger partial charge in [0.15, 0.2) is 0 Å². The Morgan fingerprint density at radius 1 is 1.21 bits per heavy atom. The average molecular weight is 350 g/mol. The third kappa shape index (κ3) is 4.24. The Balaban J connectivity index is 2.23. The van der Waals surface area contributed by atoms with Crippen molar-refractivity contribution in [2.45, 2.75) is 24.8 Å². The zero-order valence-electron chi connectivity index (χ0n) is 14.2. The SMILES string of the molecule is CCN(c1ccccc1)S(=O)(=O)c1ccc(N[C@H](C)COC)[nH+]c1. The van der Waals surface area contributed by atoms with Gasteiger partial charge in [-0.15, -0.1) is 0 Å². The summed E-state index contributed by atoms with van der Waals surface area (Å²) in [4.78, 5) is 3.21. The van der Waals surface area contributed by atoms with Crippen molar-refractivity contribution in [3.8, 4) is 0 Å². The molecule has 0 radical (unpaired) electrons. The number of hydrogen-bond acceptors (Lipinski definition) is 4. The monoisotopic (exact) mass is 350 g/mol. The number of hydrogen-bond donors (Lipinski definition) is 1. The molecular formula is C17H24N3O3S+. The first kappa shape index (κ1) is 18.2. The van der Waals surface area contributed by atoms with Gasteiger partial charge in [0, 0.05) is 19.7 Å². The van der Waals surface area contributed by atoms with E-state index in [1.165, 1.54) is 10.5 Å². The van der Waals surface area contributed by atoms with Gasteiger partial charge < -0.3 is 4.74 Å². The highest BCUT2D eigenvalue weighted by molar-refractivity contribution is 7.92. The quantitative estimate of drug-likeness (QED) is 0.792. The first-order chi connectivity index (χ1) is 11.5. The van der Waals surface area contributed by atoms with E-state index >= 15 is 0 Å². The van der Waals surface area contributed by atoms with Crippen LogP contribution in [-0.2, 0) is 14.8 Å². The molecule has 2 rings (SSSR count). The zero-order valence-corrected chi connectivity index (χ0v) is 15.0. The third-order valence-electron chi connectivity index (χ3n) is 3.52. The largest absolute Gasteiger partial charge is 0.380 e.